The Morgan fingerprint density at radius 3 is 1.17 bits per heavy atom. The summed E-state index contributed by atoms with van der Waals surface area (Å²) < 4.78 is 16.3. The number of rotatable bonds is 15. The molecule has 0 amide bonds. The second kappa shape index (κ2) is 14.8. The summed E-state index contributed by atoms with van der Waals surface area (Å²) in [6, 6.07) is 0. The Hall–Kier alpha value is -0.165. The first-order valence-corrected chi connectivity index (χ1v) is 11.2. The smallest absolute Gasteiger partial charge is 0.183 e. The van der Waals surface area contributed by atoms with Gasteiger partial charge in [0.05, 0.1) is 18.3 Å². The predicted molar refractivity (Wildman–Crippen MR) is 109 cm³/mol. The molecule has 6 atom stereocenters. The summed E-state index contributed by atoms with van der Waals surface area (Å²) in [4.78, 5) is 0. The molecule has 3 N–H and O–H groups in total. The quantitative estimate of drug-likeness (QED) is 0.255. The zero-order valence-corrected chi connectivity index (χ0v) is 18.4. The van der Waals surface area contributed by atoms with Crippen molar-refractivity contribution in [1.82, 2.24) is 0 Å². The van der Waals surface area contributed by atoms with Crippen LogP contribution in [0.15, 0.2) is 0 Å². The fraction of sp³-hybridized carbons (Fsp3) is 1.00. The molecule has 0 aromatic heterocycles. The highest BCUT2D eigenvalue weighted by Crippen LogP contribution is 2.30. The molecule has 0 spiro atoms. The fourth-order valence-corrected chi connectivity index (χ4v) is 3.48. The van der Waals surface area contributed by atoms with Gasteiger partial charge in [0.1, 0.15) is 18.3 Å². The van der Waals surface area contributed by atoms with Crippen molar-refractivity contribution < 1.29 is 44.4 Å². The summed E-state index contributed by atoms with van der Waals surface area (Å²) in [6.07, 6.45) is -4.53. The summed E-state index contributed by atoms with van der Waals surface area (Å²) in [5.74, 6) is 0. The topological polar surface area (TPSA) is 158 Å². The molecular weight excluding hydrogens is 393 g/mol. The van der Waals surface area contributed by atoms with E-state index in [-0.39, 0.29) is 19.0 Å². The standard InChI is InChI=1S/C18H36B3O9/c1-4-7-10-19(25)28-16-14(23)13(22)15(24)17(29-20(26)11-8-5-2)18(16)30-21(27)12-9-6-3/h13-18,22-24H,4-12H2,1-3H3/q-3/t13?,14-,15+,16-,17+,18?. The Balaban J connectivity index is 3.05. The van der Waals surface area contributed by atoms with Crippen LogP contribution in [-0.4, -0.2) is 73.3 Å². The highest BCUT2D eigenvalue weighted by atomic mass is 16.6. The van der Waals surface area contributed by atoms with Gasteiger partial charge in [0.25, 0.3) is 0 Å². The van der Waals surface area contributed by atoms with E-state index in [0.29, 0.717) is 19.3 Å². The van der Waals surface area contributed by atoms with Gasteiger partial charge in [-0.1, -0.05) is 78.3 Å². The molecule has 0 aromatic rings. The van der Waals surface area contributed by atoms with E-state index in [4.69, 9.17) is 14.0 Å². The molecule has 174 valence electrons. The molecule has 0 heterocycles. The SMILES string of the molecule is CCCCB([O-])OC1[C@@H](OB([O-])CCCC)[C@@H](O)C(O)[C@@H](O)[C@H]1OB([O-])CCCC. The molecule has 0 radical (unpaired) electrons. The lowest BCUT2D eigenvalue weighted by Gasteiger charge is -2.50. The molecular formula is C18H36B3O9-3. The lowest BCUT2D eigenvalue weighted by Crippen LogP contribution is -2.69. The lowest BCUT2D eigenvalue weighted by atomic mass is 9.75. The summed E-state index contributed by atoms with van der Waals surface area (Å²) in [7, 11) is -4.53. The molecule has 2 unspecified atom stereocenters. The molecule has 30 heavy (non-hydrogen) atoms. The van der Waals surface area contributed by atoms with E-state index in [1.807, 2.05) is 20.8 Å². The molecule has 0 aromatic carbocycles. The van der Waals surface area contributed by atoms with E-state index < -0.39 is 58.0 Å². The van der Waals surface area contributed by atoms with Crippen LogP contribution in [0.5, 0.6) is 0 Å². The van der Waals surface area contributed by atoms with Gasteiger partial charge in [-0.3, -0.25) is 0 Å². The number of aliphatic hydroxyl groups excluding tert-OH is 3. The summed E-state index contributed by atoms with van der Waals surface area (Å²) in [6.45, 7) is 5.75. The number of aliphatic hydroxyl groups is 3. The van der Waals surface area contributed by atoms with Gasteiger partial charge in [0.15, 0.2) is 21.4 Å². The van der Waals surface area contributed by atoms with Crippen molar-refractivity contribution in [2.75, 3.05) is 0 Å². The maximum atomic E-state index is 12.3. The Kier molecular flexibility index (Phi) is 13.8. The van der Waals surface area contributed by atoms with Gasteiger partial charge in [-0.15, -0.1) is 0 Å². The van der Waals surface area contributed by atoms with Crippen molar-refractivity contribution in [2.45, 2.75) is 115 Å². The number of hydrogen-bond donors (Lipinski definition) is 3. The fourth-order valence-electron chi connectivity index (χ4n) is 3.48. The van der Waals surface area contributed by atoms with Gasteiger partial charge >= 0.3 is 0 Å². The highest BCUT2D eigenvalue weighted by Gasteiger charge is 2.51. The third kappa shape index (κ3) is 8.76. The molecule has 1 aliphatic carbocycles. The van der Waals surface area contributed by atoms with Crippen molar-refractivity contribution in [3.05, 3.63) is 0 Å². The maximum Gasteiger partial charge on any atom is 0.183 e. The zero-order chi connectivity index (χ0) is 22.7. The van der Waals surface area contributed by atoms with Gasteiger partial charge in [0, 0.05) is 0 Å². The number of hydrogen-bond acceptors (Lipinski definition) is 9. The van der Waals surface area contributed by atoms with Gasteiger partial charge < -0.3 is 44.4 Å². The minimum Gasteiger partial charge on any atom is -0.856 e. The van der Waals surface area contributed by atoms with E-state index in [2.05, 4.69) is 0 Å². The molecule has 12 heteroatoms. The molecule has 1 fully saturated rings. The average Bonchev–Trinajstić information content (AvgIpc) is 2.73. The van der Waals surface area contributed by atoms with Gasteiger partial charge in [-0.05, 0) is 0 Å². The van der Waals surface area contributed by atoms with Gasteiger partial charge in [-0.25, -0.2) is 0 Å². The largest absolute Gasteiger partial charge is 0.856 e. The van der Waals surface area contributed by atoms with E-state index in [1.165, 1.54) is 0 Å². The first kappa shape index (κ1) is 27.9. The van der Waals surface area contributed by atoms with Crippen LogP contribution in [-0.2, 0) is 14.0 Å². The predicted octanol–water partition coefficient (Wildman–Crippen LogP) is -1.82. The van der Waals surface area contributed by atoms with Crippen molar-refractivity contribution in [1.29, 1.82) is 0 Å². The number of unbranched alkanes of at least 4 members (excludes halogenated alkanes) is 3. The molecule has 1 rings (SSSR count). The van der Waals surface area contributed by atoms with Crippen molar-refractivity contribution in [2.24, 2.45) is 0 Å². The zero-order valence-electron chi connectivity index (χ0n) is 18.4. The third-order valence-corrected chi connectivity index (χ3v) is 5.33. The Morgan fingerprint density at radius 2 is 0.867 bits per heavy atom. The third-order valence-electron chi connectivity index (χ3n) is 5.33. The minimum absolute atomic E-state index is 0.175. The van der Waals surface area contributed by atoms with Crippen LogP contribution in [0.4, 0.5) is 0 Å². The van der Waals surface area contributed by atoms with Crippen LogP contribution in [0.3, 0.4) is 0 Å². The Bertz CT molecular complexity index is 421. The minimum atomic E-state index is -1.71. The lowest BCUT2D eigenvalue weighted by molar-refractivity contribution is -0.284. The van der Waals surface area contributed by atoms with Crippen LogP contribution in [0.2, 0.25) is 19.0 Å². The Morgan fingerprint density at radius 1 is 0.567 bits per heavy atom. The van der Waals surface area contributed by atoms with E-state index in [0.717, 1.165) is 19.3 Å². The van der Waals surface area contributed by atoms with Crippen LogP contribution in [0.1, 0.15) is 59.3 Å². The van der Waals surface area contributed by atoms with Crippen molar-refractivity contribution >= 4 is 21.4 Å². The summed E-state index contributed by atoms with van der Waals surface area (Å²) in [5, 5.41) is 68.0. The van der Waals surface area contributed by atoms with Gasteiger partial charge in [0.2, 0.25) is 0 Å². The molecule has 1 saturated carbocycles. The maximum absolute atomic E-state index is 12.3. The molecule has 0 bridgehead atoms. The second-order valence-electron chi connectivity index (χ2n) is 7.99. The van der Waals surface area contributed by atoms with E-state index in [1.54, 1.807) is 0 Å². The Labute approximate surface area is 181 Å². The molecule has 0 saturated heterocycles. The van der Waals surface area contributed by atoms with Crippen LogP contribution >= 0.6 is 0 Å². The summed E-state index contributed by atoms with van der Waals surface area (Å²) in [5.41, 5.74) is 0. The first-order chi connectivity index (χ1) is 14.3. The van der Waals surface area contributed by atoms with E-state index in [9.17, 15) is 30.4 Å². The van der Waals surface area contributed by atoms with Crippen LogP contribution in [0, 0.1) is 0 Å². The van der Waals surface area contributed by atoms with Crippen LogP contribution < -0.4 is 15.1 Å². The van der Waals surface area contributed by atoms with Crippen molar-refractivity contribution in [3.63, 3.8) is 0 Å². The molecule has 0 aliphatic heterocycles. The summed E-state index contributed by atoms with van der Waals surface area (Å²) >= 11 is 0. The second-order valence-corrected chi connectivity index (χ2v) is 7.99. The monoisotopic (exact) mass is 429 g/mol. The molecule has 9 nitrogen and oxygen atoms in total. The molecule has 1 aliphatic rings. The van der Waals surface area contributed by atoms with Gasteiger partial charge in [-0.2, -0.15) is 0 Å². The first-order valence-electron chi connectivity index (χ1n) is 11.2. The van der Waals surface area contributed by atoms with E-state index >= 15 is 0 Å². The van der Waals surface area contributed by atoms with Crippen LogP contribution in [0.25, 0.3) is 0 Å². The highest BCUT2D eigenvalue weighted by molar-refractivity contribution is 6.41. The van der Waals surface area contributed by atoms with Crippen molar-refractivity contribution in [3.8, 4) is 0 Å². The normalized spacial score (nSPS) is 29.1. The average molecular weight is 429 g/mol.